The van der Waals surface area contributed by atoms with E-state index in [0.717, 1.165) is 25.3 Å². The van der Waals surface area contributed by atoms with Crippen molar-refractivity contribution in [2.75, 3.05) is 6.54 Å². The minimum absolute atomic E-state index is 0.00506. The largest absolute Gasteiger partial charge is 0.337 e. The molecule has 0 N–H and O–H groups in total. The highest BCUT2D eigenvalue weighted by Crippen LogP contribution is 2.23. The Bertz CT molecular complexity index is 641. The van der Waals surface area contributed by atoms with E-state index in [4.69, 9.17) is 0 Å². The summed E-state index contributed by atoms with van der Waals surface area (Å²) >= 11 is 1.72. The molecule has 0 aliphatic carbocycles. The molecule has 0 saturated carbocycles. The predicted octanol–water partition coefficient (Wildman–Crippen LogP) is 3.89. The van der Waals surface area contributed by atoms with Crippen LogP contribution in [0.15, 0.2) is 54.6 Å². The number of hydrogen-bond acceptors (Lipinski definition) is 2. The van der Waals surface area contributed by atoms with Gasteiger partial charge >= 0.3 is 0 Å². The molecular weight excluding hydrogens is 290 g/mol. The Morgan fingerprint density at radius 1 is 1.09 bits per heavy atom. The van der Waals surface area contributed by atoms with Crippen LogP contribution in [0.4, 0.5) is 0 Å². The number of carbonyl (C=O) groups is 1. The number of benzene rings is 2. The molecule has 1 amide bonds. The van der Waals surface area contributed by atoms with Gasteiger partial charge in [-0.15, -0.1) is 11.8 Å². The summed E-state index contributed by atoms with van der Waals surface area (Å²) in [4.78, 5) is 14.6. The van der Waals surface area contributed by atoms with Crippen LogP contribution in [0.3, 0.4) is 0 Å². The van der Waals surface area contributed by atoms with Crippen molar-refractivity contribution < 1.29 is 4.79 Å². The number of nitrogens with zero attached hydrogens (tertiary/aromatic N) is 1. The zero-order valence-electron chi connectivity index (χ0n) is 12.9. The highest BCUT2D eigenvalue weighted by Gasteiger charge is 2.24. The first kappa shape index (κ1) is 15.2. The second-order valence-electron chi connectivity index (χ2n) is 5.72. The second-order valence-corrected chi connectivity index (χ2v) is 7.05. The van der Waals surface area contributed by atoms with Crippen molar-refractivity contribution in [3.8, 4) is 0 Å². The van der Waals surface area contributed by atoms with Gasteiger partial charge in [-0.1, -0.05) is 54.6 Å². The van der Waals surface area contributed by atoms with E-state index in [1.54, 1.807) is 11.8 Å². The molecule has 0 radical (unpaired) electrons. The molecule has 0 unspecified atom stereocenters. The van der Waals surface area contributed by atoms with Crippen molar-refractivity contribution in [1.29, 1.82) is 0 Å². The number of carbonyl (C=O) groups excluding carboxylic acids is 1. The van der Waals surface area contributed by atoms with E-state index in [-0.39, 0.29) is 11.2 Å². The Labute approximate surface area is 136 Å². The maximum Gasteiger partial charge on any atom is 0.235 e. The summed E-state index contributed by atoms with van der Waals surface area (Å²) in [5.74, 6) is 1.15. The molecule has 1 aliphatic heterocycles. The maximum atomic E-state index is 12.6. The van der Waals surface area contributed by atoms with Gasteiger partial charge in [0, 0.05) is 18.8 Å². The van der Waals surface area contributed by atoms with Crippen LogP contribution in [-0.2, 0) is 23.5 Å². The number of hydrogen-bond donors (Lipinski definition) is 0. The molecule has 0 bridgehead atoms. The number of thioether (sulfide) groups is 1. The molecule has 1 aliphatic rings. The van der Waals surface area contributed by atoms with Crippen LogP contribution in [0.1, 0.15) is 23.6 Å². The molecule has 1 atom stereocenters. The quantitative estimate of drug-likeness (QED) is 0.853. The van der Waals surface area contributed by atoms with Crippen molar-refractivity contribution in [3.05, 3.63) is 71.3 Å². The SMILES string of the molecule is C[C@H](SCc1ccccc1)C(=O)N1CCc2ccccc2C1. The highest BCUT2D eigenvalue weighted by molar-refractivity contribution is 7.99. The van der Waals surface area contributed by atoms with E-state index in [1.807, 2.05) is 30.0 Å². The molecule has 114 valence electrons. The summed E-state index contributed by atoms with van der Waals surface area (Å²) in [6, 6.07) is 18.8. The molecule has 22 heavy (non-hydrogen) atoms. The van der Waals surface area contributed by atoms with Gasteiger partial charge in [0.15, 0.2) is 0 Å². The molecule has 1 heterocycles. The summed E-state index contributed by atoms with van der Waals surface area (Å²) in [5.41, 5.74) is 3.95. The molecule has 3 heteroatoms. The highest BCUT2D eigenvalue weighted by atomic mass is 32.2. The van der Waals surface area contributed by atoms with Crippen LogP contribution in [0, 0.1) is 0 Å². The summed E-state index contributed by atoms with van der Waals surface area (Å²) in [6.07, 6.45) is 0.970. The monoisotopic (exact) mass is 311 g/mol. The molecular formula is C19H21NOS. The summed E-state index contributed by atoms with van der Waals surface area (Å²) < 4.78 is 0. The summed E-state index contributed by atoms with van der Waals surface area (Å²) in [7, 11) is 0. The number of fused-ring (bicyclic) bond motifs is 1. The lowest BCUT2D eigenvalue weighted by molar-refractivity contribution is -0.131. The molecule has 3 rings (SSSR count). The zero-order valence-corrected chi connectivity index (χ0v) is 13.7. The van der Waals surface area contributed by atoms with E-state index in [0.29, 0.717) is 0 Å². The second kappa shape index (κ2) is 7.01. The third-order valence-electron chi connectivity index (χ3n) is 4.13. The Kier molecular flexibility index (Phi) is 4.84. The molecule has 0 spiro atoms. The third kappa shape index (κ3) is 3.53. The van der Waals surface area contributed by atoms with E-state index >= 15 is 0 Å². The topological polar surface area (TPSA) is 20.3 Å². The van der Waals surface area contributed by atoms with Gasteiger partial charge in [-0.2, -0.15) is 0 Å². The predicted molar refractivity (Wildman–Crippen MR) is 92.8 cm³/mol. The zero-order chi connectivity index (χ0) is 15.4. The average molecular weight is 311 g/mol. The van der Waals surface area contributed by atoms with Gasteiger partial charge in [0.1, 0.15) is 0 Å². The molecule has 2 aromatic rings. The van der Waals surface area contributed by atoms with Gasteiger partial charge in [0.2, 0.25) is 5.91 Å². The van der Waals surface area contributed by atoms with Crippen LogP contribution in [0.25, 0.3) is 0 Å². The minimum Gasteiger partial charge on any atom is -0.337 e. The number of rotatable bonds is 4. The lowest BCUT2D eigenvalue weighted by atomic mass is 10.00. The fourth-order valence-corrected chi connectivity index (χ4v) is 3.73. The van der Waals surface area contributed by atoms with Crippen molar-refractivity contribution in [2.45, 2.75) is 30.9 Å². The normalized spacial score (nSPS) is 15.2. The van der Waals surface area contributed by atoms with Gasteiger partial charge in [0.25, 0.3) is 0 Å². The first-order valence-corrected chi connectivity index (χ1v) is 8.80. The van der Waals surface area contributed by atoms with Crippen LogP contribution in [-0.4, -0.2) is 22.6 Å². The molecule has 0 fully saturated rings. The van der Waals surface area contributed by atoms with Crippen LogP contribution >= 0.6 is 11.8 Å². The molecule has 2 aromatic carbocycles. The van der Waals surface area contributed by atoms with E-state index < -0.39 is 0 Å². The van der Waals surface area contributed by atoms with Crippen LogP contribution < -0.4 is 0 Å². The maximum absolute atomic E-state index is 12.6. The van der Waals surface area contributed by atoms with E-state index in [1.165, 1.54) is 16.7 Å². The van der Waals surface area contributed by atoms with Crippen molar-refractivity contribution in [2.24, 2.45) is 0 Å². The van der Waals surface area contributed by atoms with Crippen molar-refractivity contribution in [3.63, 3.8) is 0 Å². The van der Waals surface area contributed by atoms with E-state index in [2.05, 4.69) is 36.4 Å². The first-order valence-electron chi connectivity index (χ1n) is 7.75. The Morgan fingerprint density at radius 3 is 2.55 bits per heavy atom. The lowest BCUT2D eigenvalue weighted by Crippen LogP contribution is -2.40. The average Bonchev–Trinajstić information content (AvgIpc) is 2.59. The van der Waals surface area contributed by atoms with Crippen molar-refractivity contribution >= 4 is 17.7 Å². The fraction of sp³-hybridized carbons (Fsp3) is 0.316. The standard InChI is InChI=1S/C19H21NOS/c1-15(22-14-16-7-3-2-4-8-16)19(21)20-12-11-17-9-5-6-10-18(17)13-20/h2-10,15H,11-14H2,1H3/t15-/m0/s1. The lowest BCUT2D eigenvalue weighted by Gasteiger charge is -2.30. The Balaban J connectivity index is 1.57. The van der Waals surface area contributed by atoms with Gasteiger partial charge in [-0.05, 0) is 30.0 Å². The van der Waals surface area contributed by atoms with Gasteiger partial charge in [0.05, 0.1) is 5.25 Å². The fourth-order valence-electron chi connectivity index (χ4n) is 2.81. The van der Waals surface area contributed by atoms with Gasteiger partial charge in [-0.25, -0.2) is 0 Å². The molecule has 2 nitrogen and oxygen atoms in total. The Morgan fingerprint density at radius 2 is 1.77 bits per heavy atom. The summed E-state index contributed by atoms with van der Waals surface area (Å²) in [6.45, 7) is 3.62. The molecule has 0 saturated heterocycles. The Hall–Kier alpha value is -1.74. The molecule has 0 aromatic heterocycles. The van der Waals surface area contributed by atoms with Crippen molar-refractivity contribution in [1.82, 2.24) is 4.90 Å². The third-order valence-corrected chi connectivity index (χ3v) is 5.33. The number of amides is 1. The first-order chi connectivity index (χ1) is 10.7. The smallest absolute Gasteiger partial charge is 0.235 e. The van der Waals surface area contributed by atoms with Gasteiger partial charge in [-0.3, -0.25) is 4.79 Å². The van der Waals surface area contributed by atoms with Gasteiger partial charge < -0.3 is 4.90 Å². The minimum atomic E-state index is 0.00506. The summed E-state index contributed by atoms with van der Waals surface area (Å²) in [5, 5.41) is 0.00506. The van der Waals surface area contributed by atoms with Crippen LogP contribution in [0.5, 0.6) is 0 Å². The van der Waals surface area contributed by atoms with E-state index in [9.17, 15) is 4.79 Å². The van der Waals surface area contributed by atoms with Crippen LogP contribution in [0.2, 0.25) is 0 Å².